The topological polar surface area (TPSA) is 111 Å². The van der Waals surface area contributed by atoms with Gasteiger partial charge < -0.3 is 14.6 Å². The maximum absolute atomic E-state index is 13.1. The van der Waals surface area contributed by atoms with Gasteiger partial charge in [-0.2, -0.15) is 0 Å². The van der Waals surface area contributed by atoms with E-state index in [0.717, 1.165) is 27.2 Å². The zero-order chi connectivity index (χ0) is 28.6. The highest BCUT2D eigenvalue weighted by atomic mass is 16.6. The molecule has 1 atom stereocenters. The molecule has 2 aromatic carbocycles. The molecule has 206 valence electrons. The molecule has 40 heavy (non-hydrogen) atoms. The van der Waals surface area contributed by atoms with Crippen molar-refractivity contribution in [3.05, 3.63) is 89.9 Å². The summed E-state index contributed by atoms with van der Waals surface area (Å²) in [5, 5.41) is 10.7. The SMILES string of the molecule is CN(C(=O)OCC1c2ccccc2-c2ccccc21)[C@@H](Cc1cn(C(=O)OC(C)(C)C)c2ccncc12)C(=O)O. The lowest BCUT2D eigenvalue weighted by atomic mass is 9.98. The van der Waals surface area contributed by atoms with Crippen LogP contribution >= 0.6 is 0 Å². The first-order chi connectivity index (χ1) is 19.0. The van der Waals surface area contributed by atoms with Crippen LogP contribution in [-0.2, 0) is 20.7 Å². The summed E-state index contributed by atoms with van der Waals surface area (Å²) < 4.78 is 12.5. The van der Waals surface area contributed by atoms with Gasteiger partial charge in [-0.05, 0) is 54.7 Å². The van der Waals surface area contributed by atoms with Gasteiger partial charge in [-0.15, -0.1) is 0 Å². The fourth-order valence-corrected chi connectivity index (χ4v) is 5.19. The Balaban J connectivity index is 1.35. The summed E-state index contributed by atoms with van der Waals surface area (Å²) in [6.45, 7) is 5.37. The number of aliphatic carboxylic acids is 1. The zero-order valence-electron chi connectivity index (χ0n) is 22.8. The third-order valence-corrected chi connectivity index (χ3v) is 7.07. The second-order valence-electron chi connectivity index (χ2n) is 10.9. The van der Waals surface area contributed by atoms with Crippen LogP contribution in [0.25, 0.3) is 22.0 Å². The van der Waals surface area contributed by atoms with E-state index in [1.54, 1.807) is 45.4 Å². The lowest BCUT2D eigenvalue weighted by Crippen LogP contribution is -2.44. The average molecular weight is 542 g/mol. The fourth-order valence-electron chi connectivity index (χ4n) is 5.19. The van der Waals surface area contributed by atoms with E-state index in [4.69, 9.17) is 9.47 Å². The molecule has 1 N–H and O–H groups in total. The van der Waals surface area contributed by atoms with Crippen molar-refractivity contribution in [3.63, 3.8) is 0 Å². The second kappa shape index (κ2) is 10.5. The number of pyridine rings is 1. The number of hydrogen-bond donors (Lipinski definition) is 1. The number of carboxylic acid groups (broad SMARTS) is 1. The number of nitrogens with zero attached hydrogens (tertiary/aromatic N) is 3. The van der Waals surface area contributed by atoms with Crippen LogP contribution in [0.2, 0.25) is 0 Å². The van der Waals surface area contributed by atoms with Gasteiger partial charge in [-0.25, -0.2) is 14.4 Å². The maximum Gasteiger partial charge on any atom is 0.419 e. The van der Waals surface area contributed by atoms with Crippen molar-refractivity contribution < 1.29 is 29.0 Å². The van der Waals surface area contributed by atoms with Gasteiger partial charge in [0, 0.05) is 43.4 Å². The van der Waals surface area contributed by atoms with Gasteiger partial charge >= 0.3 is 18.2 Å². The van der Waals surface area contributed by atoms with E-state index in [1.165, 1.54) is 11.6 Å². The minimum Gasteiger partial charge on any atom is -0.480 e. The molecule has 2 heterocycles. The van der Waals surface area contributed by atoms with Crippen molar-refractivity contribution in [2.24, 2.45) is 0 Å². The zero-order valence-corrected chi connectivity index (χ0v) is 22.8. The molecular formula is C31H31N3O6. The van der Waals surface area contributed by atoms with Gasteiger partial charge in [-0.1, -0.05) is 48.5 Å². The Morgan fingerprint density at radius 3 is 2.25 bits per heavy atom. The number of rotatable bonds is 6. The van der Waals surface area contributed by atoms with Crippen LogP contribution in [0.5, 0.6) is 0 Å². The summed E-state index contributed by atoms with van der Waals surface area (Å²) in [6, 6.07) is 16.4. The normalized spacial score (nSPS) is 13.4. The van der Waals surface area contributed by atoms with Crippen LogP contribution in [-0.4, -0.2) is 63.0 Å². The maximum atomic E-state index is 13.1. The third-order valence-electron chi connectivity index (χ3n) is 7.07. The van der Waals surface area contributed by atoms with Gasteiger partial charge in [0.15, 0.2) is 0 Å². The molecule has 0 radical (unpaired) electrons. The summed E-state index contributed by atoms with van der Waals surface area (Å²) in [5.74, 6) is -1.34. The molecule has 1 aliphatic rings. The number of carbonyl (C=O) groups is 3. The van der Waals surface area contributed by atoms with Crippen molar-refractivity contribution in [3.8, 4) is 11.1 Å². The number of hydrogen-bond acceptors (Lipinski definition) is 6. The van der Waals surface area contributed by atoms with Crippen molar-refractivity contribution in [1.82, 2.24) is 14.5 Å². The lowest BCUT2D eigenvalue weighted by Gasteiger charge is -2.25. The molecule has 0 saturated heterocycles. The number of benzene rings is 2. The Bertz CT molecular complexity index is 1560. The minimum atomic E-state index is -1.24. The van der Waals surface area contributed by atoms with E-state index < -0.39 is 29.8 Å². The lowest BCUT2D eigenvalue weighted by molar-refractivity contribution is -0.142. The van der Waals surface area contributed by atoms with Crippen LogP contribution in [0.15, 0.2) is 73.2 Å². The Kier molecular flexibility index (Phi) is 7.06. The molecule has 0 unspecified atom stereocenters. The summed E-state index contributed by atoms with van der Waals surface area (Å²) in [5.41, 5.74) is 4.70. The van der Waals surface area contributed by atoms with E-state index >= 15 is 0 Å². The van der Waals surface area contributed by atoms with Crippen molar-refractivity contribution >= 4 is 29.1 Å². The average Bonchev–Trinajstić information content (AvgIpc) is 3.45. The molecule has 0 saturated carbocycles. The van der Waals surface area contributed by atoms with Crippen molar-refractivity contribution in [2.45, 2.75) is 44.8 Å². The van der Waals surface area contributed by atoms with E-state index in [2.05, 4.69) is 4.98 Å². The summed E-state index contributed by atoms with van der Waals surface area (Å²) in [7, 11) is 1.41. The molecule has 9 heteroatoms. The van der Waals surface area contributed by atoms with E-state index in [9.17, 15) is 19.5 Å². The Hall–Kier alpha value is -4.66. The van der Waals surface area contributed by atoms with Gasteiger partial charge in [0.2, 0.25) is 0 Å². The molecule has 0 aliphatic heterocycles. The fraction of sp³-hybridized carbons (Fsp3) is 0.290. The number of fused-ring (bicyclic) bond motifs is 4. The highest BCUT2D eigenvalue weighted by molar-refractivity contribution is 5.92. The second-order valence-corrected chi connectivity index (χ2v) is 10.9. The van der Waals surface area contributed by atoms with Gasteiger partial charge in [-0.3, -0.25) is 14.5 Å². The quantitative estimate of drug-likeness (QED) is 0.334. The molecular weight excluding hydrogens is 510 g/mol. The Morgan fingerprint density at radius 1 is 1.02 bits per heavy atom. The number of carboxylic acids is 1. The standard InChI is InChI=1S/C31H31N3O6/c1-31(2,3)40-30(38)34-17-19(24-16-32-14-13-26(24)34)15-27(28(35)36)33(4)29(37)39-18-25-22-11-7-5-9-20(22)21-10-6-8-12-23(21)25/h5-14,16-17,25,27H,15,18H2,1-4H3,(H,35,36)/t27-/m0/s1. The molecule has 0 fully saturated rings. The Labute approximate surface area is 232 Å². The first kappa shape index (κ1) is 26.9. The molecule has 5 rings (SSSR count). The van der Waals surface area contributed by atoms with Gasteiger partial charge in [0.1, 0.15) is 18.2 Å². The summed E-state index contributed by atoms with van der Waals surface area (Å²) in [6.07, 6.45) is 3.26. The van der Waals surface area contributed by atoms with Crippen LogP contribution in [0.4, 0.5) is 9.59 Å². The molecule has 0 bridgehead atoms. The predicted octanol–water partition coefficient (Wildman–Crippen LogP) is 5.70. The van der Waals surface area contributed by atoms with E-state index in [0.29, 0.717) is 16.5 Å². The first-order valence-electron chi connectivity index (χ1n) is 13.0. The number of likely N-dealkylation sites (N-methyl/N-ethyl adjacent to an activating group) is 1. The molecule has 9 nitrogen and oxygen atoms in total. The van der Waals surface area contributed by atoms with E-state index in [1.807, 2.05) is 48.5 Å². The molecule has 0 spiro atoms. The van der Waals surface area contributed by atoms with E-state index in [-0.39, 0.29) is 18.9 Å². The predicted molar refractivity (Wildman–Crippen MR) is 149 cm³/mol. The Morgan fingerprint density at radius 2 is 1.65 bits per heavy atom. The number of ether oxygens (including phenoxy) is 2. The number of aromatic nitrogens is 2. The first-order valence-corrected chi connectivity index (χ1v) is 13.0. The number of amides is 1. The minimum absolute atomic E-state index is 0.0615. The van der Waals surface area contributed by atoms with Crippen molar-refractivity contribution in [2.75, 3.05) is 13.7 Å². The van der Waals surface area contributed by atoms with Crippen LogP contribution < -0.4 is 0 Å². The molecule has 1 aliphatic carbocycles. The summed E-state index contributed by atoms with van der Waals surface area (Å²) in [4.78, 5) is 43.6. The largest absolute Gasteiger partial charge is 0.480 e. The van der Waals surface area contributed by atoms with Gasteiger partial charge in [0.25, 0.3) is 0 Å². The third kappa shape index (κ3) is 5.14. The van der Waals surface area contributed by atoms with Crippen LogP contribution in [0, 0.1) is 0 Å². The smallest absolute Gasteiger partial charge is 0.419 e. The summed E-state index contributed by atoms with van der Waals surface area (Å²) >= 11 is 0. The molecule has 4 aromatic rings. The number of carbonyl (C=O) groups excluding carboxylic acids is 2. The highest BCUT2D eigenvalue weighted by Crippen LogP contribution is 2.44. The van der Waals surface area contributed by atoms with Crippen LogP contribution in [0.1, 0.15) is 43.4 Å². The van der Waals surface area contributed by atoms with Crippen molar-refractivity contribution in [1.29, 1.82) is 0 Å². The monoisotopic (exact) mass is 541 g/mol. The molecule has 2 aromatic heterocycles. The highest BCUT2D eigenvalue weighted by Gasteiger charge is 2.33. The molecule has 1 amide bonds. The van der Waals surface area contributed by atoms with Crippen LogP contribution in [0.3, 0.4) is 0 Å². The van der Waals surface area contributed by atoms with Gasteiger partial charge in [0.05, 0.1) is 5.52 Å².